The summed E-state index contributed by atoms with van der Waals surface area (Å²) in [7, 11) is 0. The normalized spacial score (nSPS) is 17.3. The average molecular weight is 260 g/mol. The van der Waals surface area contributed by atoms with Crippen LogP contribution >= 0.6 is 11.8 Å². The SMILES string of the molecule is Fc1ccc(F)c(SCCC2OCCCO2)c1. The molecular formula is C12H14F2O2S. The van der Waals surface area contributed by atoms with Crippen molar-refractivity contribution in [1.29, 1.82) is 0 Å². The first-order chi connectivity index (χ1) is 8.25. The molecule has 0 aliphatic carbocycles. The maximum absolute atomic E-state index is 13.3. The molecule has 94 valence electrons. The Kier molecular flexibility index (Phi) is 4.76. The highest BCUT2D eigenvalue weighted by molar-refractivity contribution is 7.99. The molecule has 1 aliphatic heterocycles. The first-order valence-electron chi connectivity index (χ1n) is 5.57. The molecule has 1 aromatic rings. The second kappa shape index (κ2) is 6.33. The Hall–Kier alpha value is -0.650. The van der Waals surface area contributed by atoms with Gasteiger partial charge in [0.25, 0.3) is 0 Å². The number of halogens is 2. The van der Waals surface area contributed by atoms with Crippen LogP contribution in [-0.2, 0) is 9.47 Å². The number of hydrogen-bond donors (Lipinski definition) is 0. The van der Waals surface area contributed by atoms with E-state index in [0.29, 0.717) is 30.3 Å². The van der Waals surface area contributed by atoms with E-state index in [9.17, 15) is 8.78 Å². The third kappa shape index (κ3) is 3.94. The lowest BCUT2D eigenvalue weighted by atomic mass is 10.3. The van der Waals surface area contributed by atoms with Crippen molar-refractivity contribution in [2.75, 3.05) is 19.0 Å². The highest BCUT2D eigenvalue weighted by Crippen LogP contribution is 2.24. The van der Waals surface area contributed by atoms with Crippen molar-refractivity contribution in [3.05, 3.63) is 29.8 Å². The largest absolute Gasteiger partial charge is 0.353 e. The maximum Gasteiger partial charge on any atom is 0.158 e. The molecule has 1 saturated heterocycles. The van der Waals surface area contributed by atoms with Gasteiger partial charge in [-0.3, -0.25) is 0 Å². The maximum atomic E-state index is 13.3. The van der Waals surface area contributed by atoms with Gasteiger partial charge in [0.05, 0.1) is 13.2 Å². The second-order valence-corrected chi connectivity index (χ2v) is 4.87. The molecule has 1 fully saturated rings. The fraction of sp³-hybridized carbons (Fsp3) is 0.500. The molecule has 0 unspecified atom stereocenters. The summed E-state index contributed by atoms with van der Waals surface area (Å²) in [5, 5.41) is 0. The number of rotatable bonds is 4. The predicted octanol–water partition coefficient (Wildman–Crippen LogP) is 3.21. The Labute approximate surface area is 103 Å². The molecular weight excluding hydrogens is 246 g/mol. The molecule has 1 aliphatic rings. The van der Waals surface area contributed by atoms with Gasteiger partial charge in [0.1, 0.15) is 11.6 Å². The van der Waals surface area contributed by atoms with Gasteiger partial charge in [0.15, 0.2) is 6.29 Å². The molecule has 0 N–H and O–H groups in total. The minimum absolute atomic E-state index is 0.201. The zero-order valence-corrected chi connectivity index (χ0v) is 10.1. The van der Waals surface area contributed by atoms with Crippen LogP contribution in [0.15, 0.2) is 23.1 Å². The van der Waals surface area contributed by atoms with E-state index in [-0.39, 0.29) is 12.1 Å². The van der Waals surface area contributed by atoms with Gasteiger partial charge in [-0.1, -0.05) is 0 Å². The quantitative estimate of drug-likeness (QED) is 0.774. The number of hydrogen-bond acceptors (Lipinski definition) is 3. The Morgan fingerprint density at radius 1 is 1.24 bits per heavy atom. The summed E-state index contributed by atoms with van der Waals surface area (Å²) >= 11 is 1.28. The molecule has 2 rings (SSSR count). The highest BCUT2D eigenvalue weighted by atomic mass is 32.2. The summed E-state index contributed by atoms with van der Waals surface area (Å²) in [4.78, 5) is 0.334. The lowest BCUT2D eigenvalue weighted by molar-refractivity contribution is -0.178. The van der Waals surface area contributed by atoms with Gasteiger partial charge in [-0.15, -0.1) is 11.8 Å². The second-order valence-electron chi connectivity index (χ2n) is 3.74. The molecule has 0 saturated carbocycles. The predicted molar refractivity (Wildman–Crippen MR) is 62.0 cm³/mol. The Balaban J connectivity index is 1.79. The molecule has 2 nitrogen and oxygen atoms in total. The van der Waals surface area contributed by atoms with Gasteiger partial charge in [-0.05, 0) is 24.6 Å². The van der Waals surface area contributed by atoms with Crippen LogP contribution in [-0.4, -0.2) is 25.3 Å². The number of benzene rings is 1. The van der Waals surface area contributed by atoms with Crippen molar-refractivity contribution in [3.63, 3.8) is 0 Å². The fourth-order valence-corrected chi connectivity index (χ4v) is 2.49. The zero-order valence-electron chi connectivity index (χ0n) is 9.33. The molecule has 5 heteroatoms. The molecule has 0 spiro atoms. The van der Waals surface area contributed by atoms with Crippen molar-refractivity contribution in [2.24, 2.45) is 0 Å². The van der Waals surface area contributed by atoms with Crippen LogP contribution in [0.4, 0.5) is 8.78 Å². The van der Waals surface area contributed by atoms with Gasteiger partial charge in [0, 0.05) is 17.1 Å². The smallest absolute Gasteiger partial charge is 0.158 e. The summed E-state index contributed by atoms with van der Waals surface area (Å²) in [6.07, 6.45) is 1.40. The van der Waals surface area contributed by atoms with Crippen LogP contribution < -0.4 is 0 Å². The van der Waals surface area contributed by atoms with E-state index in [1.165, 1.54) is 17.8 Å². The first-order valence-corrected chi connectivity index (χ1v) is 6.55. The van der Waals surface area contributed by atoms with E-state index in [1.54, 1.807) is 0 Å². The van der Waals surface area contributed by atoms with Gasteiger partial charge in [-0.25, -0.2) is 8.78 Å². The van der Waals surface area contributed by atoms with E-state index in [2.05, 4.69) is 0 Å². The topological polar surface area (TPSA) is 18.5 Å². The van der Waals surface area contributed by atoms with Gasteiger partial charge >= 0.3 is 0 Å². The Bertz CT molecular complexity index is 368. The molecule has 17 heavy (non-hydrogen) atoms. The van der Waals surface area contributed by atoms with Crippen LogP contribution in [0.3, 0.4) is 0 Å². The standard InChI is InChI=1S/C12H14F2O2S/c13-9-2-3-10(14)11(8-9)17-7-4-12-15-5-1-6-16-12/h2-3,8,12H,1,4-7H2. The third-order valence-corrected chi connectivity index (χ3v) is 3.46. The van der Waals surface area contributed by atoms with Crippen molar-refractivity contribution < 1.29 is 18.3 Å². The third-order valence-electron chi connectivity index (χ3n) is 2.40. The van der Waals surface area contributed by atoms with Crippen LogP contribution in [0.2, 0.25) is 0 Å². The monoisotopic (exact) mass is 260 g/mol. The number of thioether (sulfide) groups is 1. The van der Waals surface area contributed by atoms with Gasteiger partial charge in [-0.2, -0.15) is 0 Å². The summed E-state index contributed by atoms with van der Waals surface area (Å²) in [5.74, 6) is -0.161. The van der Waals surface area contributed by atoms with E-state index < -0.39 is 5.82 Å². The molecule has 1 heterocycles. The highest BCUT2D eigenvalue weighted by Gasteiger charge is 2.14. The van der Waals surface area contributed by atoms with Gasteiger partial charge < -0.3 is 9.47 Å². The molecule has 0 aromatic heterocycles. The summed E-state index contributed by atoms with van der Waals surface area (Å²) in [6.45, 7) is 1.42. The van der Waals surface area contributed by atoms with Crippen molar-refractivity contribution in [1.82, 2.24) is 0 Å². The fourth-order valence-electron chi connectivity index (χ4n) is 1.56. The van der Waals surface area contributed by atoms with Crippen molar-refractivity contribution in [2.45, 2.75) is 24.0 Å². The lowest BCUT2D eigenvalue weighted by Gasteiger charge is -2.22. The van der Waals surface area contributed by atoms with Crippen LogP contribution in [0.1, 0.15) is 12.8 Å². The van der Waals surface area contributed by atoms with E-state index in [4.69, 9.17) is 9.47 Å². The molecule has 0 bridgehead atoms. The van der Waals surface area contributed by atoms with Crippen LogP contribution in [0.25, 0.3) is 0 Å². The van der Waals surface area contributed by atoms with Crippen LogP contribution in [0, 0.1) is 11.6 Å². The molecule has 0 amide bonds. The average Bonchev–Trinajstić information content (AvgIpc) is 2.35. The Morgan fingerprint density at radius 2 is 2.00 bits per heavy atom. The lowest BCUT2D eigenvalue weighted by Crippen LogP contribution is -2.25. The van der Waals surface area contributed by atoms with Crippen molar-refractivity contribution >= 4 is 11.8 Å². The van der Waals surface area contributed by atoms with Gasteiger partial charge in [0.2, 0.25) is 0 Å². The summed E-state index contributed by atoms with van der Waals surface area (Å²) in [6, 6.07) is 3.47. The van der Waals surface area contributed by atoms with E-state index >= 15 is 0 Å². The minimum atomic E-state index is -0.418. The molecule has 1 aromatic carbocycles. The Morgan fingerprint density at radius 3 is 2.76 bits per heavy atom. The van der Waals surface area contributed by atoms with Crippen LogP contribution in [0.5, 0.6) is 0 Å². The minimum Gasteiger partial charge on any atom is -0.353 e. The van der Waals surface area contributed by atoms with Crippen molar-refractivity contribution in [3.8, 4) is 0 Å². The molecule has 0 atom stereocenters. The van der Waals surface area contributed by atoms with E-state index in [0.717, 1.165) is 18.6 Å². The zero-order chi connectivity index (χ0) is 12.1. The van der Waals surface area contributed by atoms with E-state index in [1.807, 2.05) is 0 Å². The number of ether oxygens (including phenoxy) is 2. The summed E-state index contributed by atoms with van der Waals surface area (Å²) in [5.41, 5.74) is 0. The molecule has 0 radical (unpaired) electrons. The summed E-state index contributed by atoms with van der Waals surface area (Å²) < 4.78 is 36.9. The first kappa shape index (κ1) is 12.8.